The third-order valence-corrected chi connectivity index (χ3v) is 4.65. The highest BCUT2D eigenvalue weighted by Gasteiger charge is 2.25. The molecule has 2 unspecified atom stereocenters. The monoisotopic (exact) mass is 264 g/mol. The zero-order chi connectivity index (χ0) is 13.5. The molecule has 0 saturated carbocycles. The van der Waals surface area contributed by atoms with Gasteiger partial charge in [0.05, 0.1) is 0 Å². The summed E-state index contributed by atoms with van der Waals surface area (Å²) in [6.45, 7) is 2.27. The Morgan fingerprint density at radius 3 is 2.95 bits per heavy atom. The molecule has 0 bridgehead atoms. The molecular weight excluding hydrogens is 244 g/mol. The van der Waals surface area contributed by atoms with Crippen molar-refractivity contribution >= 4 is 12.2 Å². The first kappa shape index (κ1) is 12.0. The number of aryl methyl sites for hydroxylation is 1. The van der Waals surface area contributed by atoms with Gasteiger partial charge in [0.15, 0.2) is 0 Å². The number of hydrogen-bond donors (Lipinski definition) is 0. The van der Waals surface area contributed by atoms with Gasteiger partial charge in [-0.25, -0.2) is 0 Å². The van der Waals surface area contributed by atoms with Crippen molar-refractivity contribution in [3.63, 3.8) is 0 Å². The molecule has 20 heavy (non-hydrogen) atoms. The van der Waals surface area contributed by atoms with Crippen LogP contribution in [0.4, 0.5) is 0 Å². The molecular formula is C19H20O. The second-order valence-corrected chi connectivity index (χ2v) is 6.17. The van der Waals surface area contributed by atoms with E-state index in [0.717, 1.165) is 25.0 Å². The van der Waals surface area contributed by atoms with Crippen molar-refractivity contribution in [3.05, 3.63) is 58.6 Å². The van der Waals surface area contributed by atoms with Crippen LogP contribution >= 0.6 is 0 Å². The lowest BCUT2D eigenvalue weighted by Crippen LogP contribution is -2.11. The van der Waals surface area contributed by atoms with Crippen LogP contribution in [-0.4, -0.2) is 0 Å². The maximum atomic E-state index is 6.01. The summed E-state index contributed by atoms with van der Waals surface area (Å²) in [4.78, 5) is 0. The van der Waals surface area contributed by atoms with Crippen LogP contribution in [0.25, 0.3) is 12.2 Å². The lowest BCUT2D eigenvalue weighted by molar-refractivity contribution is 0.494. The van der Waals surface area contributed by atoms with E-state index in [1.165, 1.54) is 28.9 Å². The summed E-state index contributed by atoms with van der Waals surface area (Å²) < 4.78 is 6.01. The second kappa shape index (κ2) is 4.66. The van der Waals surface area contributed by atoms with E-state index in [1.54, 1.807) is 0 Å². The summed E-state index contributed by atoms with van der Waals surface area (Å²) in [5.41, 5.74) is 4.24. The minimum absolute atomic E-state index is 0.517. The summed E-state index contributed by atoms with van der Waals surface area (Å²) >= 11 is 0. The third-order valence-electron chi connectivity index (χ3n) is 4.65. The largest absolute Gasteiger partial charge is 0.461 e. The van der Waals surface area contributed by atoms with E-state index >= 15 is 0 Å². The van der Waals surface area contributed by atoms with E-state index in [2.05, 4.69) is 49.5 Å². The Morgan fingerprint density at radius 2 is 2.10 bits per heavy atom. The topological polar surface area (TPSA) is 13.1 Å². The fourth-order valence-electron chi connectivity index (χ4n) is 3.43. The first-order chi connectivity index (χ1) is 9.81. The zero-order valence-electron chi connectivity index (χ0n) is 11.9. The van der Waals surface area contributed by atoms with E-state index in [9.17, 15) is 0 Å². The third kappa shape index (κ3) is 1.93. The van der Waals surface area contributed by atoms with Gasteiger partial charge in [-0.3, -0.25) is 0 Å². The Bertz CT molecular complexity index is 652. The Kier molecular flexibility index (Phi) is 2.80. The molecule has 0 amide bonds. The molecule has 4 rings (SSSR count). The standard InChI is InChI=1S/C19H20O/c1-13-6-8-14(9-7-13)15-10-11-19-17(12-15)16-4-2-3-5-18(16)20-19/h2,4,6,8-11,13,15H,3,5,7,12H2,1H3. The van der Waals surface area contributed by atoms with E-state index in [1.807, 2.05) is 0 Å². The van der Waals surface area contributed by atoms with E-state index in [0.29, 0.717) is 11.8 Å². The molecule has 0 fully saturated rings. The smallest absolute Gasteiger partial charge is 0.130 e. The van der Waals surface area contributed by atoms with Crippen molar-refractivity contribution in [2.75, 3.05) is 0 Å². The van der Waals surface area contributed by atoms with Crippen LogP contribution < -0.4 is 0 Å². The predicted octanol–water partition coefficient (Wildman–Crippen LogP) is 4.95. The van der Waals surface area contributed by atoms with Gasteiger partial charge >= 0.3 is 0 Å². The van der Waals surface area contributed by atoms with Gasteiger partial charge in [0.25, 0.3) is 0 Å². The number of fused-ring (bicyclic) bond motifs is 3. The number of rotatable bonds is 1. The average molecular weight is 264 g/mol. The van der Waals surface area contributed by atoms with Gasteiger partial charge in [-0.05, 0) is 36.8 Å². The van der Waals surface area contributed by atoms with Crippen LogP contribution in [0.15, 0.2) is 40.4 Å². The number of allylic oxidation sites excluding steroid dienone is 6. The van der Waals surface area contributed by atoms with Crippen molar-refractivity contribution in [1.82, 2.24) is 0 Å². The van der Waals surface area contributed by atoms with E-state index < -0.39 is 0 Å². The van der Waals surface area contributed by atoms with Gasteiger partial charge in [0.2, 0.25) is 0 Å². The molecule has 3 aliphatic carbocycles. The molecule has 0 N–H and O–H groups in total. The van der Waals surface area contributed by atoms with Crippen LogP contribution in [0.3, 0.4) is 0 Å². The number of hydrogen-bond acceptors (Lipinski definition) is 1. The second-order valence-electron chi connectivity index (χ2n) is 6.17. The fourth-order valence-corrected chi connectivity index (χ4v) is 3.43. The van der Waals surface area contributed by atoms with Crippen LogP contribution in [0.5, 0.6) is 0 Å². The maximum absolute atomic E-state index is 6.01. The maximum Gasteiger partial charge on any atom is 0.130 e. The van der Waals surface area contributed by atoms with E-state index in [4.69, 9.17) is 4.42 Å². The summed E-state index contributed by atoms with van der Waals surface area (Å²) in [6.07, 6.45) is 20.5. The quantitative estimate of drug-likeness (QED) is 0.699. The van der Waals surface area contributed by atoms with Crippen LogP contribution in [-0.2, 0) is 12.8 Å². The Morgan fingerprint density at radius 1 is 1.15 bits per heavy atom. The van der Waals surface area contributed by atoms with Gasteiger partial charge < -0.3 is 4.42 Å². The number of furan rings is 1. The Labute approximate surface area is 120 Å². The molecule has 0 radical (unpaired) electrons. The van der Waals surface area contributed by atoms with Crippen molar-refractivity contribution in [1.29, 1.82) is 0 Å². The lowest BCUT2D eigenvalue weighted by atomic mass is 9.82. The lowest BCUT2D eigenvalue weighted by Gasteiger charge is -2.21. The molecule has 0 saturated heterocycles. The first-order valence-electron chi connectivity index (χ1n) is 7.69. The van der Waals surface area contributed by atoms with Crippen LogP contribution in [0.1, 0.15) is 42.4 Å². The van der Waals surface area contributed by atoms with Crippen LogP contribution in [0, 0.1) is 11.8 Å². The van der Waals surface area contributed by atoms with Gasteiger partial charge in [0.1, 0.15) is 11.5 Å². The normalized spacial score (nSPS) is 27.1. The molecule has 0 aliphatic heterocycles. The van der Waals surface area contributed by atoms with Crippen molar-refractivity contribution < 1.29 is 4.42 Å². The zero-order valence-corrected chi connectivity index (χ0v) is 11.9. The molecule has 102 valence electrons. The average Bonchev–Trinajstić information content (AvgIpc) is 2.86. The molecule has 1 aromatic rings. The highest BCUT2D eigenvalue weighted by atomic mass is 16.3. The molecule has 1 heterocycles. The minimum Gasteiger partial charge on any atom is -0.461 e. The van der Waals surface area contributed by atoms with Gasteiger partial charge in [-0.15, -0.1) is 0 Å². The Balaban J connectivity index is 1.66. The van der Waals surface area contributed by atoms with Crippen molar-refractivity contribution in [2.24, 2.45) is 11.8 Å². The highest BCUT2D eigenvalue weighted by Crippen LogP contribution is 2.37. The first-order valence-corrected chi connectivity index (χ1v) is 7.69. The van der Waals surface area contributed by atoms with Crippen LogP contribution in [0.2, 0.25) is 0 Å². The molecule has 1 aromatic heterocycles. The summed E-state index contributed by atoms with van der Waals surface area (Å²) in [7, 11) is 0. The summed E-state index contributed by atoms with van der Waals surface area (Å²) in [6, 6.07) is 0. The van der Waals surface area contributed by atoms with Crippen molar-refractivity contribution in [3.8, 4) is 0 Å². The minimum atomic E-state index is 0.517. The molecule has 2 atom stereocenters. The highest BCUT2D eigenvalue weighted by molar-refractivity contribution is 5.66. The summed E-state index contributed by atoms with van der Waals surface area (Å²) in [5, 5.41) is 0. The van der Waals surface area contributed by atoms with E-state index in [-0.39, 0.29) is 0 Å². The van der Waals surface area contributed by atoms with Crippen molar-refractivity contribution in [2.45, 2.75) is 32.6 Å². The molecule has 1 nitrogen and oxygen atoms in total. The predicted molar refractivity (Wildman–Crippen MR) is 83.3 cm³/mol. The molecule has 1 heteroatoms. The molecule has 3 aliphatic rings. The Hall–Kier alpha value is -1.76. The van der Waals surface area contributed by atoms with Gasteiger partial charge in [-0.1, -0.05) is 43.4 Å². The SMILES string of the molecule is CC1C=CC(C2C=Cc3oc4c(c3C2)C=CCC4)=CC1. The summed E-state index contributed by atoms with van der Waals surface area (Å²) in [5.74, 6) is 3.48. The fraction of sp³-hybridized carbons (Fsp3) is 0.368. The van der Waals surface area contributed by atoms with Gasteiger partial charge in [-0.2, -0.15) is 0 Å². The van der Waals surface area contributed by atoms with Gasteiger partial charge in [0, 0.05) is 23.5 Å². The molecule has 0 spiro atoms. The molecule has 0 aromatic carbocycles.